The Kier molecular flexibility index (Phi) is 10.5. The molecule has 1 aromatic heterocycles. The molecule has 0 atom stereocenters. The third-order valence-electron chi connectivity index (χ3n) is 6.98. The van der Waals surface area contributed by atoms with Crippen LogP contribution in [0.5, 0.6) is 11.5 Å². The molecule has 2 amide bonds. The number of amides is 2. The van der Waals surface area contributed by atoms with E-state index in [-0.39, 0.29) is 31.3 Å². The van der Waals surface area contributed by atoms with Gasteiger partial charge in [0, 0.05) is 37.5 Å². The normalized spacial score (nSPS) is 10.6. The van der Waals surface area contributed by atoms with Crippen LogP contribution in [-0.2, 0) is 11.2 Å². The SMILES string of the molecule is CCOc1cc(CCN(CCC(=O)O)C(=O)c2ccccc2-c2ccccc2C(=O)N(C)c2ccccn2)ccc1OC. The minimum atomic E-state index is -0.998. The van der Waals surface area contributed by atoms with Crippen molar-refractivity contribution < 1.29 is 29.0 Å². The molecular formula is C34H35N3O6. The van der Waals surface area contributed by atoms with Gasteiger partial charge in [-0.25, -0.2) is 4.98 Å². The summed E-state index contributed by atoms with van der Waals surface area (Å²) in [6, 6.07) is 25.1. The van der Waals surface area contributed by atoms with E-state index in [9.17, 15) is 19.5 Å². The van der Waals surface area contributed by atoms with Crippen LogP contribution in [0.2, 0.25) is 0 Å². The van der Waals surface area contributed by atoms with Gasteiger partial charge in [0.2, 0.25) is 0 Å². The van der Waals surface area contributed by atoms with Crippen LogP contribution in [0.25, 0.3) is 11.1 Å². The number of ether oxygens (including phenoxy) is 2. The van der Waals surface area contributed by atoms with E-state index < -0.39 is 5.97 Å². The highest BCUT2D eigenvalue weighted by Gasteiger charge is 2.24. The van der Waals surface area contributed by atoms with Crippen molar-refractivity contribution in [2.45, 2.75) is 19.8 Å². The molecule has 1 heterocycles. The number of carboxylic acids is 1. The third-order valence-corrected chi connectivity index (χ3v) is 6.98. The Hall–Kier alpha value is -5.18. The Bertz CT molecular complexity index is 1570. The summed E-state index contributed by atoms with van der Waals surface area (Å²) in [4.78, 5) is 46.5. The molecule has 0 saturated heterocycles. The molecule has 0 spiro atoms. The molecule has 0 radical (unpaired) electrons. The Balaban J connectivity index is 1.65. The molecule has 4 aromatic rings. The van der Waals surface area contributed by atoms with Crippen molar-refractivity contribution in [3.8, 4) is 22.6 Å². The van der Waals surface area contributed by atoms with Gasteiger partial charge in [-0.15, -0.1) is 0 Å². The van der Waals surface area contributed by atoms with Gasteiger partial charge >= 0.3 is 5.97 Å². The van der Waals surface area contributed by atoms with Gasteiger partial charge in [0.05, 0.1) is 20.1 Å². The molecule has 4 rings (SSSR count). The lowest BCUT2D eigenvalue weighted by molar-refractivity contribution is -0.137. The highest BCUT2D eigenvalue weighted by atomic mass is 16.5. The van der Waals surface area contributed by atoms with Crippen LogP contribution in [0.15, 0.2) is 91.1 Å². The molecule has 0 aliphatic carbocycles. The number of aliphatic carboxylic acids is 1. The smallest absolute Gasteiger partial charge is 0.305 e. The Morgan fingerprint density at radius 3 is 2.07 bits per heavy atom. The van der Waals surface area contributed by atoms with Crippen molar-refractivity contribution in [2.24, 2.45) is 0 Å². The molecule has 9 heteroatoms. The molecule has 0 saturated carbocycles. The second-order valence-corrected chi connectivity index (χ2v) is 9.75. The van der Waals surface area contributed by atoms with E-state index in [0.29, 0.717) is 52.6 Å². The topological polar surface area (TPSA) is 109 Å². The van der Waals surface area contributed by atoms with Crippen LogP contribution >= 0.6 is 0 Å². The van der Waals surface area contributed by atoms with E-state index in [4.69, 9.17) is 9.47 Å². The number of carbonyl (C=O) groups is 3. The van der Waals surface area contributed by atoms with Crippen LogP contribution in [0.3, 0.4) is 0 Å². The van der Waals surface area contributed by atoms with E-state index in [0.717, 1.165) is 5.56 Å². The molecular weight excluding hydrogens is 546 g/mol. The summed E-state index contributed by atoms with van der Waals surface area (Å²) >= 11 is 0. The standard InChI is InChI=1S/C34H35N3O6/c1-4-43-30-23-24(16-17-29(30)42-3)18-21-37(22-19-32(38)39)34(41)28-14-8-6-12-26(28)25-11-5-7-13-27(25)33(40)36(2)31-15-9-10-20-35-31/h5-17,20,23H,4,18-19,21-22H2,1-3H3,(H,38,39). The summed E-state index contributed by atoms with van der Waals surface area (Å²) in [5.74, 6) is 0.119. The maximum atomic E-state index is 14.1. The molecule has 0 fully saturated rings. The molecule has 0 aliphatic rings. The van der Waals surface area contributed by atoms with E-state index in [2.05, 4.69) is 4.98 Å². The van der Waals surface area contributed by atoms with Crippen molar-refractivity contribution >= 4 is 23.6 Å². The predicted molar refractivity (Wildman–Crippen MR) is 165 cm³/mol. The Morgan fingerprint density at radius 2 is 1.47 bits per heavy atom. The number of pyridine rings is 1. The van der Waals surface area contributed by atoms with E-state index in [1.807, 2.05) is 37.3 Å². The van der Waals surface area contributed by atoms with Crippen molar-refractivity contribution in [1.29, 1.82) is 0 Å². The lowest BCUT2D eigenvalue weighted by Gasteiger charge is -2.24. The predicted octanol–water partition coefficient (Wildman–Crippen LogP) is 5.59. The maximum Gasteiger partial charge on any atom is 0.305 e. The van der Waals surface area contributed by atoms with E-state index in [1.165, 1.54) is 4.90 Å². The first-order chi connectivity index (χ1) is 20.8. The highest BCUT2D eigenvalue weighted by Crippen LogP contribution is 2.31. The van der Waals surface area contributed by atoms with Crippen molar-refractivity contribution in [2.75, 3.05) is 38.8 Å². The number of anilines is 1. The van der Waals surface area contributed by atoms with Gasteiger partial charge < -0.3 is 19.5 Å². The summed E-state index contributed by atoms with van der Waals surface area (Å²) in [5.41, 5.74) is 2.87. The number of aromatic nitrogens is 1. The Morgan fingerprint density at radius 1 is 0.814 bits per heavy atom. The number of methoxy groups -OCH3 is 1. The van der Waals surface area contributed by atoms with Crippen molar-refractivity contribution in [3.63, 3.8) is 0 Å². The van der Waals surface area contributed by atoms with Gasteiger partial charge in [0.25, 0.3) is 11.8 Å². The first-order valence-electron chi connectivity index (χ1n) is 14.0. The number of nitrogens with zero attached hydrogens (tertiary/aromatic N) is 3. The monoisotopic (exact) mass is 581 g/mol. The molecule has 43 heavy (non-hydrogen) atoms. The van der Waals surface area contributed by atoms with Crippen LogP contribution in [-0.4, -0.2) is 66.6 Å². The first-order valence-corrected chi connectivity index (χ1v) is 14.0. The fourth-order valence-electron chi connectivity index (χ4n) is 4.77. The minimum absolute atomic E-state index is 0.0277. The molecule has 3 aromatic carbocycles. The number of hydrogen-bond acceptors (Lipinski definition) is 6. The van der Waals surface area contributed by atoms with Gasteiger partial charge in [-0.1, -0.05) is 48.5 Å². The summed E-state index contributed by atoms with van der Waals surface area (Å²) < 4.78 is 11.1. The zero-order chi connectivity index (χ0) is 30.8. The minimum Gasteiger partial charge on any atom is -0.493 e. The quantitative estimate of drug-likeness (QED) is 0.219. The van der Waals surface area contributed by atoms with Crippen LogP contribution < -0.4 is 14.4 Å². The molecule has 0 aliphatic heterocycles. The number of rotatable bonds is 13. The van der Waals surface area contributed by atoms with Gasteiger partial charge in [-0.3, -0.25) is 19.3 Å². The lowest BCUT2D eigenvalue weighted by Crippen LogP contribution is -2.35. The summed E-state index contributed by atoms with van der Waals surface area (Å²) in [6.07, 6.45) is 1.89. The molecule has 0 bridgehead atoms. The van der Waals surface area contributed by atoms with E-state index in [1.54, 1.807) is 79.9 Å². The van der Waals surface area contributed by atoms with Gasteiger partial charge in [-0.2, -0.15) is 0 Å². The zero-order valence-electron chi connectivity index (χ0n) is 24.5. The molecule has 0 unspecified atom stereocenters. The average molecular weight is 582 g/mol. The van der Waals surface area contributed by atoms with Crippen molar-refractivity contribution in [3.05, 3.63) is 108 Å². The molecule has 222 valence electrons. The van der Waals surface area contributed by atoms with Gasteiger partial charge in [0.15, 0.2) is 11.5 Å². The lowest BCUT2D eigenvalue weighted by atomic mass is 9.94. The molecule has 1 N–H and O–H groups in total. The second kappa shape index (κ2) is 14.6. The van der Waals surface area contributed by atoms with Gasteiger partial charge in [0.1, 0.15) is 5.82 Å². The summed E-state index contributed by atoms with van der Waals surface area (Å²) in [6.45, 7) is 2.67. The van der Waals surface area contributed by atoms with Crippen LogP contribution in [0, 0.1) is 0 Å². The zero-order valence-corrected chi connectivity index (χ0v) is 24.5. The number of benzene rings is 3. The third kappa shape index (κ3) is 7.56. The Labute approximate surface area is 251 Å². The summed E-state index contributed by atoms with van der Waals surface area (Å²) in [5, 5.41) is 9.41. The number of carbonyl (C=O) groups excluding carboxylic acids is 2. The second-order valence-electron chi connectivity index (χ2n) is 9.75. The fourth-order valence-corrected chi connectivity index (χ4v) is 4.77. The highest BCUT2D eigenvalue weighted by molar-refractivity contribution is 6.11. The van der Waals surface area contributed by atoms with Crippen LogP contribution in [0.4, 0.5) is 5.82 Å². The number of hydrogen-bond donors (Lipinski definition) is 1. The van der Waals surface area contributed by atoms with Gasteiger partial charge in [-0.05, 0) is 66.4 Å². The molecule has 9 nitrogen and oxygen atoms in total. The van der Waals surface area contributed by atoms with E-state index >= 15 is 0 Å². The van der Waals surface area contributed by atoms with Crippen molar-refractivity contribution in [1.82, 2.24) is 9.88 Å². The largest absolute Gasteiger partial charge is 0.493 e. The van der Waals surface area contributed by atoms with Crippen LogP contribution in [0.1, 0.15) is 39.6 Å². The first kappa shape index (κ1) is 30.8. The summed E-state index contributed by atoms with van der Waals surface area (Å²) in [7, 11) is 3.23. The fraction of sp³-hybridized carbons (Fsp3) is 0.235. The number of carboxylic acid groups (broad SMARTS) is 1. The average Bonchev–Trinajstić information content (AvgIpc) is 3.04. The maximum absolute atomic E-state index is 14.1.